The fourth-order valence-corrected chi connectivity index (χ4v) is 2.13. The van der Waals surface area contributed by atoms with Crippen LogP contribution in [0.5, 0.6) is 0 Å². The van der Waals surface area contributed by atoms with Crippen molar-refractivity contribution in [1.29, 1.82) is 5.26 Å². The summed E-state index contributed by atoms with van der Waals surface area (Å²) in [6.07, 6.45) is 2.13. The third-order valence-corrected chi connectivity index (χ3v) is 3.21. The molecule has 2 aromatic rings. The predicted molar refractivity (Wildman–Crippen MR) is 75.6 cm³/mol. The highest BCUT2D eigenvalue weighted by Crippen LogP contribution is 2.26. The molecule has 0 atom stereocenters. The van der Waals surface area contributed by atoms with E-state index in [-0.39, 0.29) is 0 Å². The first-order chi connectivity index (χ1) is 9.17. The van der Waals surface area contributed by atoms with Gasteiger partial charge in [-0.3, -0.25) is 0 Å². The van der Waals surface area contributed by atoms with Crippen LogP contribution in [0.15, 0.2) is 24.5 Å². The fraction of sp³-hybridized carbons (Fsp3) is 0.214. The zero-order valence-electron chi connectivity index (χ0n) is 10.7. The molecule has 1 aromatic carbocycles. The Morgan fingerprint density at radius 2 is 2.16 bits per heavy atom. The van der Waals surface area contributed by atoms with Gasteiger partial charge in [-0.2, -0.15) is 5.26 Å². The third kappa shape index (κ3) is 2.67. The number of nitriles is 1. The summed E-state index contributed by atoms with van der Waals surface area (Å²) in [5.74, 6) is 0.643. The predicted octanol–water partition coefficient (Wildman–Crippen LogP) is 3.62. The van der Waals surface area contributed by atoms with E-state index in [2.05, 4.69) is 21.4 Å². The van der Waals surface area contributed by atoms with Gasteiger partial charge in [-0.1, -0.05) is 30.7 Å². The Morgan fingerprint density at radius 1 is 1.37 bits per heavy atom. The third-order valence-electron chi connectivity index (χ3n) is 2.88. The average Bonchev–Trinajstić information content (AvgIpc) is 2.39. The fourth-order valence-electron chi connectivity index (χ4n) is 1.86. The van der Waals surface area contributed by atoms with Crippen LogP contribution in [0.25, 0.3) is 0 Å². The molecule has 0 spiro atoms. The van der Waals surface area contributed by atoms with Crippen LogP contribution >= 0.6 is 11.6 Å². The summed E-state index contributed by atoms with van der Waals surface area (Å²) >= 11 is 6.04. The van der Waals surface area contributed by atoms with E-state index in [9.17, 15) is 5.26 Å². The second-order valence-electron chi connectivity index (χ2n) is 4.08. The number of halogens is 1. The van der Waals surface area contributed by atoms with Crippen molar-refractivity contribution < 1.29 is 0 Å². The molecule has 1 heterocycles. The van der Waals surface area contributed by atoms with Crippen molar-refractivity contribution in [2.45, 2.75) is 20.3 Å². The van der Waals surface area contributed by atoms with Crippen LogP contribution < -0.4 is 5.32 Å². The topological polar surface area (TPSA) is 61.6 Å². The number of nitrogens with zero attached hydrogens (tertiary/aromatic N) is 3. The normalized spacial score (nSPS) is 10.0. The molecule has 5 heteroatoms. The lowest BCUT2D eigenvalue weighted by Gasteiger charge is -2.12. The second kappa shape index (κ2) is 5.68. The van der Waals surface area contributed by atoms with Gasteiger partial charge in [0.05, 0.1) is 11.3 Å². The van der Waals surface area contributed by atoms with Gasteiger partial charge in [0, 0.05) is 5.56 Å². The molecule has 0 aliphatic heterocycles. The molecule has 0 amide bonds. The smallest absolute Gasteiger partial charge is 0.138 e. The van der Waals surface area contributed by atoms with Gasteiger partial charge in [-0.05, 0) is 25.0 Å². The Morgan fingerprint density at radius 3 is 2.84 bits per heavy atom. The Hall–Kier alpha value is -2.12. The van der Waals surface area contributed by atoms with Crippen LogP contribution in [-0.2, 0) is 6.42 Å². The minimum Gasteiger partial charge on any atom is -0.339 e. The van der Waals surface area contributed by atoms with Crippen LogP contribution in [0.2, 0.25) is 5.15 Å². The van der Waals surface area contributed by atoms with Crippen molar-refractivity contribution in [2.24, 2.45) is 0 Å². The van der Waals surface area contributed by atoms with E-state index in [0.29, 0.717) is 16.5 Å². The molecule has 0 unspecified atom stereocenters. The standard InChI is InChI=1S/C14H13ClN4/c1-3-10-13(15)17-8-18-14(10)19-12-6-4-5-9(2)11(12)7-16/h4-6,8H,3H2,1-2H3,(H,17,18,19). The van der Waals surface area contributed by atoms with Crippen molar-refractivity contribution in [2.75, 3.05) is 5.32 Å². The molecule has 4 nitrogen and oxygen atoms in total. The summed E-state index contributed by atoms with van der Waals surface area (Å²) in [6, 6.07) is 7.84. The Balaban J connectivity index is 2.46. The Labute approximate surface area is 117 Å². The van der Waals surface area contributed by atoms with Gasteiger partial charge < -0.3 is 5.32 Å². The van der Waals surface area contributed by atoms with Gasteiger partial charge in [0.15, 0.2) is 0 Å². The first kappa shape index (κ1) is 13.3. The lowest BCUT2D eigenvalue weighted by atomic mass is 10.1. The maximum Gasteiger partial charge on any atom is 0.138 e. The number of aryl methyl sites for hydroxylation is 1. The molecule has 0 saturated heterocycles. The lowest BCUT2D eigenvalue weighted by Crippen LogP contribution is -2.02. The largest absolute Gasteiger partial charge is 0.339 e. The number of hydrogen-bond acceptors (Lipinski definition) is 4. The molecular formula is C14H13ClN4. The van der Waals surface area contributed by atoms with Crippen LogP contribution in [-0.4, -0.2) is 9.97 Å². The van der Waals surface area contributed by atoms with Gasteiger partial charge in [-0.15, -0.1) is 0 Å². The number of nitrogens with one attached hydrogen (secondary N) is 1. The molecule has 1 aromatic heterocycles. The van der Waals surface area contributed by atoms with Crippen LogP contribution in [0, 0.1) is 18.3 Å². The first-order valence-electron chi connectivity index (χ1n) is 5.93. The summed E-state index contributed by atoms with van der Waals surface area (Å²) in [5.41, 5.74) is 3.10. The van der Waals surface area contributed by atoms with Gasteiger partial charge in [-0.25, -0.2) is 9.97 Å². The molecule has 2 rings (SSSR count). The van der Waals surface area contributed by atoms with Crippen molar-refractivity contribution in [1.82, 2.24) is 9.97 Å². The van der Waals surface area contributed by atoms with Crippen LogP contribution in [0.3, 0.4) is 0 Å². The van der Waals surface area contributed by atoms with E-state index in [1.54, 1.807) is 0 Å². The highest BCUT2D eigenvalue weighted by molar-refractivity contribution is 6.30. The summed E-state index contributed by atoms with van der Waals surface area (Å²) in [5, 5.41) is 12.8. The van der Waals surface area contributed by atoms with Gasteiger partial charge in [0.1, 0.15) is 23.4 Å². The highest BCUT2D eigenvalue weighted by atomic mass is 35.5. The molecule has 0 aliphatic carbocycles. The number of hydrogen-bond donors (Lipinski definition) is 1. The van der Waals surface area contributed by atoms with Gasteiger partial charge >= 0.3 is 0 Å². The van der Waals surface area contributed by atoms with Gasteiger partial charge in [0.2, 0.25) is 0 Å². The molecule has 96 valence electrons. The minimum absolute atomic E-state index is 0.436. The first-order valence-corrected chi connectivity index (χ1v) is 6.31. The number of rotatable bonds is 3. The Kier molecular flexibility index (Phi) is 3.98. The van der Waals surface area contributed by atoms with E-state index < -0.39 is 0 Å². The summed E-state index contributed by atoms with van der Waals surface area (Å²) in [4.78, 5) is 8.16. The number of aromatic nitrogens is 2. The maximum atomic E-state index is 9.21. The molecule has 0 radical (unpaired) electrons. The zero-order chi connectivity index (χ0) is 13.8. The maximum absolute atomic E-state index is 9.21. The van der Waals surface area contributed by atoms with Crippen molar-refractivity contribution in [3.63, 3.8) is 0 Å². The monoisotopic (exact) mass is 272 g/mol. The summed E-state index contributed by atoms with van der Waals surface area (Å²) in [6.45, 7) is 3.88. The molecule has 0 bridgehead atoms. The Bertz CT molecular complexity index is 646. The van der Waals surface area contributed by atoms with E-state index in [1.165, 1.54) is 6.33 Å². The molecule has 1 N–H and O–H groups in total. The molecule has 0 saturated carbocycles. The SMILES string of the molecule is CCc1c(Cl)ncnc1Nc1cccc(C)c1C#N. The highest BCUT2D eigenvalue weighted by Gasteiger charge is 2.11. The number of anilines is 2. The van der Waals surface area contributed by atoms with Crippen molar-refractivity contribution in [3.05, 3.63) is 46.4 Å². The van der Waals surface area contributed by atoms with Crippen LogP contribution in [0.4, 0.5) is 11.5 Å². The quantitative estimate of drug-likeness (QED) is 0.867. The lowest BCUT2D eigenvalue weighted by molar-refractivity contribution is 1.05. The molecule has 0 aliphatic rings. The van der Waals surface area contributed by atoms with E-state index in [1.807, 2.05) is 32.0 Å². The average molecular weight is 273 g/mol. The molecule has 0 fully saturated rings. The molecular weight excluding hydrogens is 260 g/mol. The summed E-state index contributed by atoms with van der Waals surface area (Å²) < 4.78 is 0. The summed E-state index contributed by atoms with van der Waals surface area (Å²) in [7, 11) is 0. The van der Waals surface area contributed by atoms with Gasteiger partial charge in [0.25, 0.3) is 0 Å². The zero-order valence-corrected chi connectivity index (χ0v) is 11.5. The second-order valence-corrected chi connectivity index (χ2v) is 4.44. The van der Waals surface area contributed by atoms with E-state index >= 15 is 0 Å². The number of benzene rings is 1. The van der Waals surface area contributed by atoms with Crippen LogP contribution in [0.1, 0.15) is 23.6 Å². The van der Waals surface area contributed by atoms with E-state index in [4.69, 9.17) is 11.6 Å². The van der Waals surface area contributed by atoms with Crippen molar-refractivity contribution >= 4 is 23.1 Å². The van der Waals surface area contributed by atoms with Crippen molar-refractivity contribution in [3.8, 4) is 6.07 Å². The minimum atomic E-state index is 0.436. The van der Waals surface area contributed by atoms with E-state index in [0.717, 1.165) is 23.2 Å². The molecule has 19 heavy (non-hydrogen) atoms.